The Balaban J connectivity index is 1.55. The second kappa shape index (κ2) is 8.26. The van der Waals surface area contributed by atoms with E-state index in [1.54, 1.807) is 6.92 Å². The smallest absolute Gasteiger partial charge is 0.240 e. The summed E-state index contributed by atoms with van der Waals surface area (Å²) < 4.78 is 46.4. The van der Waals surface area contributed by atoms with Crippen LogP contribution in [0.2, 0.25) is 0 Å². The van der Waals surface area contributed by atoms with Gasteiger partial charge in [0, 0.05) is 26.2 Å². The Morgan fingerprint density at radius 1 is 1.23 bits per heavy atom. The van der Waals surface area contributed by atoms with Gasteiger partial charge in [-0.25, -0.2) is 17.5 Å². The van der Waals surface area contributed by atoms with Crippen molar-refractivity contribution < 1.29 is 17.5 Å². The van der Waals surface area contributed by atoms with Crippen molar-refractivity contribution in [1.29, 1.82) is 0 Å². The molecule has 1 atom stereocenters. The fourth-order valence-electron chi connectivity index (χ4n) is 3.11. The van der Waals surface area contributed by atoms with Crippen LogP contribution in [-0.2, 0) is 14.8 Å². The minimum Gasteiger partial charge on any atom is -0.371 e. The molecule has 7 heteroatoms. The second-order valence-electron chi connectivity index (χ2n) is 6.38. The molecule has 0 bridgehead atoms. The van der Waals surface area contributed by atoms with Crippen LogP contribution >= 0.6 is 0 Å². The highest BCUT2D eigenvalue weighted by Crippen LogP contribution is 2.21. The zero-order valence-corrected chi connectivity index (χ0v) is 15.5. The van der Waals surface area contributed by atoms with Gasteiger partial charge in [-0.05, 0) is 36.2 Å². The highest BCUT2D eigenvalue weighted by Gasteiger charge is 2.22. The predicted molar refractivity (Wildman–Crippen MR) is 97.9 cm³/mol. The lowest BCUT2D eigenvalue weighted by molar-refractivity contribution is -0.0291. The summed E-state index contributed by atoms with van der Waals surface area (Å²) in [5.74, 6) is -0.443. The van der Waals surface area contributed by atoms with Crippen molar-refractivity contribution in [3.63, 3.8) is 0 Å². The summed E-state index contributed by atoms with van der Waals surface area (Å²) in [6.45, 7) is 4.57. The maximum Gasteiger partial charge on any atom is 0.240 e. The number of halogens is 1. The Labute approximate surface area is 153 Å². The van der Waals surface area contributed by atoms with Crippen LogP contribution < -0.4 is 4.72 Å². The second-order valence-corrected chi connectivity index (χ2v) is 8.11. The molecule has 26 heavy (non-hydrogen) atoms. The molecule has 1 saturated heterocycles. The largest absolute Gasteiger partial charge is 0.371 e. The molecule has 1 unspecified atom stereocenters. The SMILES string of the molecule is Cc1cc(F)ccc1S(=O)(=O)NCCN1CCOC(c2ccccc2)C1. The van der Waals surface area contributed by atoms with Crippen LogP contribution in [0.15, 0.2) is 53.4 Å². The number of hydrogen-bond donors (Lipinski definition) is 1. The molecule has 2 aromatic carbocycles. The van der Waals surface area contributed by atoms with E-state index >= 15 is 0 Å². The van der Waals surface area contributed by atoms with E-state index < -0.39 is 15.8 Å². The van der Waals surface area contributed by atoms with E-state index in [9.17, 15) is 12.8 Å². The molecule has 0 aromatic heterocycles. The molecular formula is C19H23FN2O3S. The van der Waals surface area contributed by atoms with Gasteiger partial charge in [0.05, 0.1) is 17.6 Å². The minimum absolute atomic E-state index is 0.000833. The third-order valence-electron chi connectivity index (χ3n) is 4.47. The van der Waals surface area contributed by atoms with Gasteiger partial charge in [0.25, 0.3) is 0 Å². The number of morpholine rings is 1. The monoisotopic (exact) mass is 378 g/mol. The van der Waals surface area contributed by atoms with Gasteiger partial charge in [0.1, 0.15) is 5.82 Å². The van der Waals surface area contributed by atoms with Gasteiger partial charge in [0.15, 0.2) is 0 Å². The van der Waals surface area contributed by atoms with Gasteiger partial charge in [0.2, 0.25) is 10.0 Å². The highest BCUT2D eigenvalue weighted by atomic mass is 32.2. The Morgan fingerprint density at radius 3 is 2.73 bits per heavy atom. The molecule has 0 spiro atoms. The maximum atomic E-state index is 13.2. The molecule has 3 rings (SSSR count). The molecular weight excluding hydrogens is 355 g/mol. The van der Waals surface area contributed by atoms with Gasteiger partial charge in [-0.15, -0.1) is 0 Å². The number of benzene rings is 2. The summed E-state index contributed by atoms with van der Waals surface area (Å²) in [4.78, 5) is 2.30. The highest BCUT2D eigenvalue weighted by molar-refractivity contribution is 7.89. The molecule has 1 heterocycles. The van der Waals surface area contributed by atoms with E-state index in [1.807, 2.05) is 30.3 Å². The molecule has 140 valence electrons. The van der Waals surface area contributed by atoms with Gasteiger partial charge in [-0.2, -0.15) is 0 Å². The molecule has 0 amide bonds. The van der Waals surface area contributed by atoms with Crippen molar-refractivity contribution in [2.45, 2.75) is 17.9 Å². The molecule has 0 saturated carbocycles. The molecule has 1 N–H and O–H groups in total. The van der Waals surface area contributed by atoms with Crippen molar-refractivity contribution in [3.05, 3.63) is 65.5 Å². The first kappa shape index (κ1) is 19.0. The average molecular weight is 378 g/mol. The molecule has 5 nitrogen and oxygen atoms in total. The zero-order valence-electron chi connectivity index (χ0n) is 14.7. The minimum atomic E-state index is -3.65. The standard InChI is InChI=1S/C19H23FN2O3S/c1-15-13-17(20)7-8-19(15)26(23,24)21-9-10-22-11-12-25-18(14-22)16-5-3-2-4-6-16/h2-8,13,18,21H,9-12,14H2,1H3. The Morgan fingerprint density at radius 2 is 2.00 bits per heavy atom. The fraction of sp³-hybridized carbons (Fsp3) is 0.368. The van der Waals surface area contributed by atoms with E-state index in [2.05, 4.69) is 9.62 Å². The molecule has 1 aliphatic rings. The molecule has 0 radical (unpaired) electrons. The summed E-state index contributed by atoms with van der Waals surface area (Å²) in [6.07, 6.45) is 0.000833. The van der Waals surface area contributed by atoms with Crippen LogP contribution in [0.5, 0.6) is 0 Å². The van der Waals surface area contributed by atoms with Crippen molar-refractivity contribution in [2.24, 2.45) is 0 Å². The van der Waals surface area contributed by atoms with Crippen molar-refractivity contribution in [3.8, 4) is 0 Å². The summed E-state index contributed by atoms with van der Waals surface area (Å²) in [6, 6.07) is 13.7. The zero-order chi connectivity index (χ0) is 18.6. The average Bonchev–Trinajstić information content (AvgIpc) is 2.62. The topological polar surface area (TPSA) is 58.6 Å². The fourth-order valence-corrected chi connectivity index (χ4v) is 4.35. The third-order valence-corrected chi connectivity index (χ3v) is 6.09. The number of nitrogens with one attached hydrogen (secondary N) is 1. The van der Waals surface area contributed by atoms with Gasteiger partial charge >= 0.3 is 0 Å². The summed E-state index contributed by atoms with van der Waals surface area (Å²) in [5, 5.41) is 0. The number of hydrogen-bond acceptors (Lipinski definition) is 4. The van der Waals surface area contributed by atoms with Crippen LogP contribution in [-0.4, -0.2) is 46.1 Å². The van der Waals surface area contributed by atoms with Gasteiger partial charge < -0.3 is 4.74 Å². The quantitative estimate of drug-likeness (QED) is 0.839. The third kappa shape index (κ3) is 4.67. The summed E-state index contributed by atoms with van der Waals surface area (Å²) in [7, 11) is -3.65. The number of ether oxygens (including phenoxy) is 1. The first-order chi connectivity index (χ1) is 12.5. The summed E-state index contributed by atoms with van der Waals surface area (Å²) in [5.41, 5.74) is 1.52. The van der Waals surface area contributed by atoms with E-state index in [0.717, 1.165) is 24.7 Å². The molecule has 2 aromatic rings. The molecule has 1 fully saturated rings. The van der Waals surface area contributed by atoms with Gasteiger partial charge in [-0.3, -0.25) is 4.90 Å². The van der Waals surface area contributed by atoms with Gasteiger partial charge in [-0.1, -0.05) is 30.3 Å². The number of aryl methyl sites for hydroxylation is 1. The molecule has 0 aliphatic carbocycles. The summed E-state index contributed by atoms with van der Waals surface area (Å²) >= 11 is 0. The lowest BCUT2D eigenvalue weighted by atomic mass is 10.1. The van der Waals surface area contributed by atoms with E-state index in [-0.39, 0.29) is 11.0 Å². The first-order valence-corrected chi connectivity index (χ1v) is 10.1. The molecule has 1 aliphatic heterocycles. The number of rotatable bonds is 6. The van der Waals surface area contributed by atoms with E-state index in [0.29, 0.717) is 25.3 Å². The van der Waals surface area contributed by atoms with Crippen LogP contribution in [0.1, 0.15) is 17.2 Å². The lowest BCUT2D eigenvalue weighted by Gasteiger charge is -2.33. The number of sulfonamides is 1. The van der Waals surface area contributed by atoms with Crippen LogP contribution in [0.4, 0.5) is 4.39 Å². The Bertz CT molecular complexity index is 843. The Kier molecular flexibility index (Phi) is 6.03. The van der Waals surface area contributed by atoms with Crippen molar-refractivity contribution in [1.82, 2.24) is 9.62 Å². The Hall–Kier alpha value is -1.80. The maximum absolute atomic E-state index is 13.2. The first-order valence-electron chi connectivity index (χ1n) is 8.60. The van der Waals surface area contributed by atoms with E-state index in [1.165, 1.54) is 12.1 Å². The van der Waals surface area contributed by atoms with Crippen molar-refractivity contribution in [2.75, 3.05) is 32.8 Å². The number of nitrogens with zero attached hydrogens (tertiary/aromatic N) is 1. The lowest BCUT2D eigenvalue weighted by Crippen LogP contribution is -2.42. The van der Waals surface area contributed by atoms with Crippen molar-refractivity contribution >= 4 is 10.0 Å². The van der Waals surface area contributed by atoms with Crippen LogP contribution in [0, 0.1) is 12.7 Å². The predicted octanol–water partition coefficient (Wildman–Crippen LogP) is 2.49. The van der Waals surface area contributed by atoms with Crippen LogP contribution in [0.3, 0.4) is 0 Å². The normalized spacial score (nSPS) is 18.8. The van der Waals surface area contributed by atoms with Crippen LogP contribution in [0.25, 0.3) is 0 Å². The van der Waals surface area contributed by atoms with E-state index in [4.69, 9.17) is 4.74 Å².